The average Bonchev–Trinajstić information content (AvgIpc) is 2.83. The van der Waals surface area contributed by atoms with Crippen LogP contribution in [0.3, 0.4) is 0 Å². The van der Waals surface area contributed by atoms with E-state index in [-0.39, 0.29) is 0 Å². The monoisotopic (exact) mass is 224 g/mol. The molecule has 0 saturated carbocycles. The van der Waals surface area contributed by atoms with Gasteiger partial charge in [0.25, 0.3) is 0 Å². The molecule has 88 valence electrons. The zero-order chi connectivity index (χ0) is 12.3. The topological polar surface area (TPSA) is 0 Å². The first-order valence-electron chi connectivity index (χ1n) is 5.99. The van der Waals surface area contributed by atoms with Gasteiger partial charge in [-0.3, -0.25) is 0 Å². The molecule has 0 heterocycles. The first-order chi connectivity index (χ1) is 8.33. The van der Waals surface area contributed by atoms with Crippen molar-refractivity contribution in [2.45, 2.75) is 20.3 Å². The number of allylic oxidation sites excluding steroid dienone is 7. The normalized spacial score (nSPS) is 13.9. The molecule has 0 atom stereocenters. The molecular formula is C17H20. The molecule has 1 aliphatic carbocycles. The van der Waals surface area contributed by atoms with Crippen molar-refractivity contribution in [1.82, 2.24) is 0 Å². The highest BCUT2D eigenvalue weighted by molar-refractivity contribution is 5.50. The summed E-state index contributed by atoms with van der Waals surface area (Å²) in [5.74, 6) is 0. The molecule has 2 rings (SSSR count). The van der Waals surface area contributed by atoms with E-state index >= 15 is 0 Å². The van der Waals surface area contributed by atoms with E-state index in [1.807, 2.05) is 43.4 Å². The molecule has 0 bridgehead atoms. The third kappa shape index (κ3) is 6.36. The highest BCUT2D eigenvalue weighted by Gasteiger charge is 1.86. The highest BCUT2D eigenvalue weighted by Crippen LogP contribution is 2.06. The molecule has 0 aliphatic heterocycles. The number of rotatable bonds is 2. The third-order valence-electron chi connectivity index (χ3n) is 2.35. The van der Waals surface area contributed by atoms with E-state index in [4.69, 9.17) is 0 Å². The number of benzene rings is 1. The van der Waals surface area contributed by atoms with E-state index in [9.17, 15) is 0 Å². The summed E-state index contributed by atoms with van der Waals surface area (Å²) in [5, 5.41) is 0. The van der Waals surface area contributed by atoms with Crippen LogP contribution in [0.2, 0.25) is 0 Å². The Bertz CT molecular complexity index is 417. The molecule has 0 radical (unpaired) electrons. The van der Waals surface area contributed by atoms with Crippen LogP contribution < -0.4 is 0 Å². The van der Waals surface area contributed by atoms with Crippen molar-refractivity contribution in [3.8, 4) is 0 Å². The molecule has 0 unspecified atom stereocenters. The molecule has 1 aromatic rings. The van der Waals surface area contributed by atoms with Gasteiger partial charge in [-0.2, -0.15) is 0 Å². The minimum absolute atomic E-state index is 1.17. The summed E-state index contributed by atoms with van der Waals surface area (Å²) in [6, 6.07) is 10.3. The first-order valence-corrected chi connectivity index (χ1v) is 5.99. The predicted octanol–water partition coefficient (Wildman–Crippen LogP) is 5.17. The van der Waals surface area contributed by atoms with E-state index in [2.05, 4.69) is 43.4 Å². The Hall–Kier alpha value is -1.82. The zero-order valence-corrected chi connectivity index (χ0v) is 10.6. The summed E-state index contributed by atoms with van der Waals surface area (Å²) in [7, 11) is 0. The predicted molar refractivity (Wildman–Crippen MR) is 77.8 cm³/mol. The van der Waals surface area contributed by atoms with Crippen LogP contribution in [0, 0.1) is 0 Å². The molecule has 0 amide bonds. The summed E-state index contributed by atoms with van der Waals surface area (Å²) in [6.07, 6.45) is 15.7. The molecule has 0 N–H and O–H groups in total. The minimum atomic E-state index is 1.17. The first kappa shape index (κ1) is 13.2. The lowest BCUT2D eigenvalue weighted by Crippen LogP contribution is -1.66. The van der Waals surface area contributed by atoms with E-state index in [1.165, 1.54) is 17.6 Å². The fourth-order valence-corrected chi connectivity index (χ4v) is 1.40. The average molecular weight is 224 g/mol. The van der Waals surface area contributed by atoms with Crippen molar-refractivity contribution in [3.63, 3.8) is 0 Å². The van der Waals surface area contributed by atoms with Crippen molar-refractivity contribution in [3.05, 3.63) is 77.9 Å². The van der Waals surface area contributed by atoms with Crippen molar-refractivity contribution in [2.75, 3.05) is 0 Å². The second-order valence-electron chi connectivity index (χ2n) is 3.94. The second kappa shape index (κ2) is 8.35. The molecule has 1 aliphatic rings. The lowest BCUT2D eigenvalue weighted by Gasteiger charge is -1.87. The highest BCUT2D eigenvalue weighted by atomic mass is 13.9. The van der Waals surface area contributed by atoms with Crippen LogP contribution in [0.1, 0.15) is 25.8 Å². The van der Waals surface area contributed by atoms with Gasteiger partial charge in [0.2, 0.25) is 0 Å². The maximum absolute atomic E-state index is 2.16. The van der Waals surface area contributed by atoms with Gasteiger partial charge < -0.3 is 0 Å². The lowest BCUT2D eigenvalue weighted by atomic mass is 10.2. The molecule has 1 aromatic carbocycles. The molecule has 0 heteroatoms. The largest absolute Gasteiger partial charge is 0.0877 e. The molecule has 0 saturated heterocycles. The van der Waals surface area contributed by atoms with Gasteiger partial charge in [-0.1, -0.05) is 78.4 Å². The Morgan fingerprint density at radius 1 is 1.06 bits per heavy atom. The van der Waals surface area contributed by atoms with E-state index in [1.54, 1.807) is 0 Å². The Morgan fingerprint density at radius 2 is 1.82 bits per heavy atom. The second-order valence-corrected chi connectivity index (χ2v) is 3.94. The third-order valence-corrected chi connectivity index (χ3v) is 2.35. The standard InChI is InChI=1S/C11H12.C6H8/c1-2-3-5-8-11-9-6-4-7-10-11;1-6-4-2-3-5-6/h2-10H,1H3;2-4H,5H2,1H3/b3-2+,8-5+;. The molecule has 0 nitrogen and oxygen atoms in total. The summed E-state index contributed by atoms with van der Waals surface area (Å²) in [4.78, 5) is 0. The van der Waals surface area contributed by atoms with E-state index in [0.29, 0.717) is 0 Å². The summed E-state index contributed by atoms with van der Waals surface area (Å²) in [6.45, 7) is 4.15. The van der Waals surface area contributed by atoms with Crippen LogP contribution in [0.5, 0.6) is 0 Å². The quantitative estimate of drug-likeness (QED) is 0.608. The van der Waals surface area contributed by atoms with Gasteiger partial charge in [-0.05, 0) is 25.8 Å². The maximum atomic E-state index is 2.16. The van der Waals surface area contributed by atoms with E-state index < -0.39 is 0 Å². The fraction of sp³-hybridized carbons (Fsp3) is 0.176. The Kier molecular flexibility index (Phi) is 6.50. The molecule has 0 spiro atoms. The minimum Gasteiger partial charge on any atom is -0.0877 e. The number of hydrogen-bond acceptors (Lipinski definition) is 0. The Balaban J connectivity index is 0.000000202. The van der Waals surface area contributed by atoms with Crippen molar-refractivity contribution in [1.29, 1.82) is 0 Å². The van der Waals surface area contributed by atoms with Crippen molar-refractivity contribution >= 4 is 6.08 Å². The van der Waals surface area contributed by atoms with Crippen LogP contribution in [0.25, 0.3) is 6.08 Å². The van der Waals surface area contributed by atoms with Crippen LogP contribution >= 0.6 is 0 Å². The van der Waals surface area contributed by atoms with Gasteiger partial charge in [0.05, 0.1) is 0 Å². The number of hydrogen-bond donors (Lipinski definition) is 0. The SMILES string of the molecule is C/C=C/C=C/c1ccccc1.CC1=CC=CC1. The summed E-state index contributed by atoms with van der Waals surface area (Å²) in [5.41, 5.74) is 2.71. The van der Waals surface area contributed by atoms with Crippen molar-refractivity contribution in [2.24, 2.45) is 0 Å². The zero-order valence-electron chi connectivity index (χ0n) is 10.6. The van der Waals surface area contributed by atoms with Gasteiger partial charge in [0, 0.05) is 0 Å². The van der Waals surface area contributed by atoms with Gasteiger partial charge in [0.1, 0.15) is 0 Å². The molecular weight excluding hydrogens is 204 g/mol. The van der Waals surface area contributed by atoms with Crippen LogP contribution in [0.15, 0.2) is 72.4 Å². The van der Waals surface area contributed by atoms with E-state index in [0.717, 1.165) is 0 Å². The van der Waals surface area contributed by atoms with Gasteiger partial charge in [-0.15, -0.1) is 0 Å². The van der Waals surface area contributed by atoms with Crippen LogP contribution in [-0.4, -0.2) is 0 Å². The van der Waals surface area contributed by atoms with Crippen molar-refractivity contribution < 1.29 is 0 Å². The van der Waals surface area contributed by atoms with Gasteiger partial charge in [0.15, 0.2) is 0 Å². The smallest absolute Gasteiger partial charge is 0.0135 e. The summed E-state index contributed by atoms with van der Waals surface area (Å²) < 4.78 is 0. The Morgan fingerprint density at radius 3 is 2.29 bits per heavy atom. The summed E-state index contributed by atoms with van der Waals surface area (Å²) >= 11 is 0. The van der Waals surface area contributed by atoms with Gasteiger partial charge >= 0.3 is 0 Å². The van der Waals surface area contributed by atoms with Gasteiger partial charge in [-0.25, -0.2) is 0 Å². The fourth-order valence-electron chi connectivity index (χ4n) is 1.40. The molecule has 0 fully saturated rings. The molecule has 0 aromatic heterocycles. The lowest BCUT2D eigenvalue weighted by molar-refractivity contribution is 1.25. The van der Waals surface area contributed by atoms with Crippen LogP contribution in [-0.2, 0) is 0 Å². The van der Waals surface area contributed by atoms with Crippen LogP contribution in [0.4, 0.5) is 0 Å². The Labute approximate surface area is 105 Å². The molecule has 17 heavy (non-hydrogen) atoms. The maximum Gasteiger partial charge on any atom is -0.0135 e.